The third-order valence-electron chi connectivity index (χ3n) is 3.88. The van der Waals surface area contributed by atoms with Crippen LogP contribution in [0.15, 0.2) is 61.2 Å². The molecule has 0 atom stereocenters. The summed E-state index contributed by atoms with van der Waals surface area (Å²) in [5.74, 6) is 0.599. The average Bonchev–Trinajstić information content (AvgIpc) is 3.00. The van der Waals surface area contributed by atoms with Crippen molar-refractivity contribution in [3.63, 3.8) is 0 Å². The zero-order valence-corrected chi connectivity index (χ0v) is 13.3. The summed E-state index contributed by atoms with van der Waals surface area (Å²) >= 11 is 0. The van der Waals surface area contributed by atoms with E-state index in [2.05, 4.69) is 38.2 Å². The number of anilines is 2. The molecular weight excluding hydrogens is 298 g/mol. The van der Waals surface area contributed by atoms with Gasteiger partial charge in [-0.2, -0.15) is 0 Å². The van der Waals surface area contributed by atoms with Gasteiger partial charge in [-0.1, -0.05) is 18.2 Å². The minimum atomic E-state index is 0.599. The van der Waals surface area contributed by atoms with Crippen LogP contribution >= 0.6 is 0 Å². The minimum Gasteiger partial charge on any atom is -0.346 e. The van der Waals surface area contributed by atoms with E-state index in [0.717, 1.165) is 34.3 Å². The maximum atomic E-state index is 4.41. The molecule has 0 aliphatic heterocycles. The van der Waals surface area contributed by atoms with Crippen LogP contribution in [0.25, 0.3) is 11.0 Å². The third-order valence-corrected chi connectivity index (χ3v) is 3.88. The number of aromatic nitrogens is 4. The van der Waals surface area contributed by atoms with E-state index < -0.39 is 0 Å². The normalized spacial score (nSPS) is 10.9. The SMILES string of the molecule is Cc1cnc2[nH]cc(Cc3cnc(Nc4ccccc4)nc3)c2c1. The van der Waals surface area contributed by atoms with Gasteiger partial charge in [-0.05, 0) is 41.8 Å². The quantitative estimate of drug-likeness (QED) is 0.597. The van der Waals surface area contributed by atoms with E-state index in [4.69, 9.17) is 0 Å². The van der Waals surface area contributed by atoms with Crippen LogP contribution < -0.4 is 5.32 Å². The summed E-state index contributed by atoms with van der Waals surface area (Å²) in [5, 5.41) is 4.34. The van der Waals surface area contributed by atoms with Gasteiger partial charge in [0.15, 0.2) is 0 Å². The fourth-order valence-corrected chi connectivity index (χ4v) is 2.69. The second kappa shape index (κ2) is 6.12. The van der Waals surface area contributed by atoms with Gasteiger partial charge in [0, 0.05) is 42.3 Å². The Labute approximate surface area is 139 Å². The topological polar surface area (TPSA) is 66.5 Å². The lowest BCUT2D eigenvalue weighted by molar-refractivity contribution is 1.08. The number of fused-ring (bicyclic) bond motifs is 1. The molecule has 2 N–H and O–H groups in total. The third kappa shape index (κ3) is 2.96. The van der Waals surface area contributed by atoms with Crippen molar-refractivity contribution in [3.05, 3.63) is 77.9 Å². The highest BCUT2D eigenvalue weighted by Crippen LogP contribution is 2.20. The van der Waals surface area contributed by atoms with E-state index in [9.17, 15) is 0 Å². The molecule has 0 amide bonds. The molecule has 0 saturated carbocycles. The second-order valence-corrected chi connectivity index (χ2v) is 5.81. The number of para-hydroxylation sites is 1. The number of rotatable bonds is 4. The van der Waals surface area contributed by atoms with Crippen molar-refractivity contribution < 1.29 is 0 Å². The van der Waals surface area contributed by atoms with E-state index >= 15 is 0 Å². The van der Waals surface area contributed by atoms with Crippen molar-refractivity contribution in [2.24, 2.45) is 0 Å². The molecule has 0 radical (unpaired) electrons. The Kier molecular flexibility index (Phi) is 3.67. The molecule has 0 saturated heterocycles. The number of aryl methyl sites for hydroxylation is 1. The van der Waals surface area contributed by atoms with Crippen LogP contribution in [0.5, 0.6) is 0 Å². The highest BCUT2D eigenvalue weighted by Gasteiger charge is 2.07. The summed E-state index contributed by atoms with van der Waals surface area (Å²) in [6, 6.07) is 12.1. The lowest BCUT2D eigenvalue weighted by Gasteiger charge is -2.05. The fraction of sp³-hybridized carbons (Fsp3) is 0.105. The molecule has 0 fully saturated rings. The maximum absolute atomic E-state index is 4.41. The first-order chi connectivity index (χ1) is 11.8. The molecule has 5 nitrogen and oxygen atoms in total. The van der Waals surface area contributed by atoms with Crippen LogP contribution in [0.3, 0.4) is 0 Å². The standard InChI is InChI=1S/C19H17N5/c1-13-7-17-15(12-21-18(17)20-9-13)8-14-10-22-19(23-11-14)24-16-5-3-2-4-6-16/h2-7,9-12H,8H2,1H3,(H,20,21)(H,22,23,24). The summed E-state index contributed by atoms with van der Waals surface area (Å²) in [4.78, 5) is 16.4. The molecule has 3 aromatic heterocycles. The number of H-pyrrole nitrogens is 1. The highest BCUT2D eigenvalue weighted by molar-refractivity contribution is 5.80. The lowest BCUT2D eigenvalue weighted by Crippen LogP contribution is -1.98. The number of aromatic amines is 1. The van der Waals surface area contributed by atoms with Crippen LogP contribution in [0.4, 0.5) is 11.6 Å². The molecule has 0 aliphatic rings. The molecule has 0 aliphatic carbocycles. The van der Waals surface area contributed by atoms with E-state index in [1.54, 1.807) is 0 Å². The van der Waals surface area contributed by atoms with Gasteiger partial charge in [-0.15, -0.1) is 0 Å². The molecule has 0 spiro atoms. The molecule has 4 rings (SSSR count). The predicted octanol–water partition coefficient (Wildman–Crippen LogP) is 4.00. The van der Waals surface area contributed by atoms with E-state index in [0.29, 0.717) is 5.95 Å². The first kappa shape index (κ1) is 14.4. The Morgan fingerprint density at radius 2 is 1.79 bits per heavy atom. The summed E-state index contributed by atoms with van der Waals surface area (Å²) in [5.41, 5.74) is 5.31. The molecular formula is C19H17N5. The Balaban J connectivity index is 1.53. The van der Waals surface area contributed by atoms with Crippen LogP contribution in [-0.2, 0) is 6.42 Å². The van der Waals surface area contributed by atoms with Crippen LogP contribution in [0.2, 0.25) is 0 Å². The summed E-state index contributed by atoms with van der Waals surface area (Å²) in [7, 11) is 0. The molecule has 0 unspecified atom stereocenters. The summed E-state index contributed by atoms with van der Waals surface area (Å²) in [6.45, 7) is 2.05. The van der Waals surface area contributed by atoms with Gasteiger partial charge < -0.3 is 10.3 Å². The Hall–Kier alpha value is -3.21. The summed E-state index contributed by atoms with van der Waals surface area (Å²) in [6.07, 6.45) is 8.38. The number of hydrogen-bond acceptors (Lipinski definition) is 4. The zero-order valence-electron chi connectivity index (χ0n) is 13.3. The largest absolute Gasteiger partial charge is 0.346 e. The van der Waals surface area contributed by atoms with Crippen molar-refractivity contribution in [3.8, 4) is 0 Å². The molecule has 118 valence electrons. The average molecular weight is 315 g/mol. The zero-order chi connectivity index (χ0) is 16.4. The van der Waals surface area contributed by atoms with Crippen molar-refractivity contribution in [1.29, 1.82) is 0 Å². The Bertz CT molecular complexity index is 958. The fourth-order valence-electron chi connectivity index (χ4n) is 2.69. The minimum absolute atomic E-state index is 0.599. The van der Waals surface area contributed by atoms with E-state index in [1.165, 1.54) is 5.56 Å². The predicted molar refractivity (Wildman–Crippen MR) is 95.4 cm³/mol. The van der Waals surface area contributed by atoms with Gasteiger partial charge in [0.1, 0.15) is 5.65 Å². The number of nitrogens with zero attached hydrogens (tertiary/aromatic N) is 3. The molecule has 5 heteroatoms. The number of nitrogens with one attached hydrogen (secondary N) is 2. The Morgan fingerprint density at radius 3 is 2.58 bits per heavy atom. The van der Waals surface area contributed by atoms with Crippen molar-refractivity contribution in [1.82, 2.24) is 19.9 Å². The van der Waals surface area contributed by atoms with Crippen molar-refractivity contribution in [2.75, 3.05) is 5.32 Å². The van der Waals surface area contributed by atoms with E-state index in [-0.39, 0.29) is 0 Å². The van der Waals surface area contributed by atoms with Crippen molar-refractivity contribution >= 4 is 22.7 Å². The van der Waals surface area contributed by atoms with Gasteiger partial charge in [0.2, 0.25) is 5.95 Å². The lowest BCUT2D eigenvalue weighted by atomic mass is 10.1. The van der Waals surface area contributed by atoms with Crippen molar-refractivity contribution in [2.45, 2.75) is 13.3 Å². The molecule has 0 bridgehead atoms. The first-order valence-corrected chi connectivity index (χ1v) is 7.83. The van der Waals surface area contributed by atoms with Crippen LogP contribution in [-0.4, -0.2) is 19.9 Å². The van der Waals surface area contributed by atoms with Gasteiger partial charge in [0.05, 0.1) is 0 Å². The summed E-state index contributed by atoms with van der Waals surface area (Å²) < 4.78 is 0. The molecule has 1 aromatic carbocycles. The number of hydrogen-bond donors (Lipinski definition) is 2. The van der Waals surface area contributed by atoms with Gasteiger partial charge in [-0.25, -0.2) is 15.0 Å². The monoisotopic (exact) mass is 315 g/mol. The molecule has 4 aromatic rings. The van der Waals surface area contributed by atoms with Crippen LogP contribution in [0, 0.1) is 6.92 Å². The Morgan fingerprint density at radius 1 is 1.00 bits per heavy atom. The van der Waals surface area contributed by atoms with Crippen LogP contribution in [0.1, 0.15) is 16.7 Å². The molecule has 3 heterocycles. The highest BCUT2D eigenvalue weighted by atomic mass is 15.1. The first-order valence-electron chi connectivity index (χ1n) is 7.83. The van der Waals surface area contributed by atoms with Gasteiger partial charge in [0.25, 0.3) is 0 Å². The number of pyridine rings is 1. The second-order valence-electron chi connectivity index (χ2n) is 5.81. The van der Waals surface area contributed by atoms with Gasteiger partial charge >= 0.3 is 0 Å². The number of benzene rings is 1. The maximum Gasteiger partial charge on any atom is 0.227 e. The van der Waals surface area contributed by atoms with E-state index in [1.807, 2.05) is 55.1 Å². The van der Waals surface area contributed by atoms with Gasteiger partial charge in [-0.3, -0.25) is 0 Å². The smallest absolute Gasteiger partial charge is 0.227 e. The molecule has 24 heavy (non-hydrogen) atoms.